The quantitative estimate of drug-likeness (QED) is 0.766. The highest BCUT2D eigenvalue weighted by Crippen LogP contribution is 2.22. The number of rotatable bonds is 2. The number of carbonyl (C=O) groups excluding carboxylic acids is 1. The van der Waals surface area contributed by atoms with Crippen molar-refractivity contribution in [1.82, 2.24) is 0 Å². The van der Waals surface area contributed by atoms with Crippen molar-refractivity contribution < 1.29 is 9.53 Å². The van der Waals surface area contributed by atoms with Gasteiger partial charge in [-0.2, -0.15) is 0 Å². The first kappa shape index (κ1) is 10.5. The monoisotopic (exact) mass is 262 g/mol. The summed E-state index contributed by atoms with van der Waals surface area (Å²) in [6.45, 7) is 2.13. The number of benzene rings is 1. The SMILES string of the molecule is CCOC(=O)c1ccc(Cl)cc1Br. The van der Waals surface area contributed by atoms with Crippen molar-refractivity contribution in [2.45, 2.75) is 6.92 Å². The Morgan fingerprint density at radius 3 is 2.85 bits per heavy atom. The van der Waals surface area contributed by atoms with Crippen molar-refractivity contribution in [3.63, 3.8) is 0 Å². The maximum absolute atomic E-state index is 11.3. The zero-order valence-electron chi connectivity index (χ0n) is 7.01. The number of ether oxygens (including phenoxy) is 1. The van der Waals surface area contributed by atoms with Crippen LogP contribution in [-0.2, 0) is 4.74 Å². The molecule has 0 saturated carbocycles. The summed E-state index contributed by atoms with van der Waals surface area (Å²) in [6.07, 6.45) is 0. The van der Waals surface area contributed by atoms with Crippen LogP contribution in [0.5, 0.6) is 0 Å². The standard InChI is InChI=1S/C9H8BrClO2/c1-2-13-9(12)7-4-3-6(11)5-8(7)10/h3-5H,2H2,1H3. The third kappa shape index (κ3) is 2.71. The zero-order valence-corrected chi connectivity index (χ0v) is 9.35. The second-order valence-corrected chi connectivity index (χ2v) is 3.64. The van der Waals surface area contributed by atoms with Crippen molar-refractivity contribution in [2.75, 3.05) is 6.61 Å². The molecule has 0 aliphatic heterocycles. The molecule has 0 aromatic heterocycles. The summed E-state index contributed by atoms with van der Waals surface area (Å²) in [4.78, 5) is 11.3. The van der Waals surface area contributed by atoms with E-state index >= 15 is 0 Å². The van der Waals surface area contributed by atoms with E-state index in [1.165, 1.54) is 0 Å². The highest BCUT2D eigenvalue weighted by Gasteiger charge is 2.10. The van der Waals surface area contributed by atoms with Gasteiger partial charge in [-0.3, -0.25) is 0 Å². The minimum absolute atomic E-state index is 0.342. The Morgan fingerprint density at radius 2 is 2.31 bits per heavy atom. The van der Waals surface area contributed by atoms with Crippen LogP contribution in [0, 0.1) is 0 Å². The lowest BCUT2D eigenvalue weighted by Gasteiger charge is -2.03. The molecular weight excluding hydrogens is 255 g/mol. The van der Waals surface area contributed by atoms with E-state index in [0.29, 0.717) is 21.7 Å². The van der Waals surface area contributed by atoms with E-state index < -0.39 is 0 Å². The lowest BCUT2D eigenvalue weighted by atomic mass is 10.2. The van der Waals surface area contributed by atoms with Crippen LogP contribution in [-0.4, -0.2) is 12.6 Å². The number of hydrogen-bond acceptors (Lipinski definition) is 2. The Bertz CT molecular complexity index is 325. The first-order valence-corrected chi connectivity index (χ1v) is 4.94. The third-order valence-electron chi connectivity index (χ3n) is 1.43. The first-order valence-electron chi connectivity index (χ1n) is 3.77. The lowest BCUT2D eigenvalue weighted by molar-refractivity contribution is 0.0525. The molecule has 0 aliphatic rings. The molecule has 1 rings (SSSR count). The van der Waals surface area contributed by atoms with Gasteiger partial charge >= 0.3 is 5.97 Å². The molecule has 13 heavy (non-hydrogen) atoms. The average Bonchev–Trinajstić information content (AvgIpc) is 2.04. The van der Waals surface area contributed by atoms with Gasteiger partial charge in [-0.05, 0) is 41.1 Å². The highest BCUT2D eigenvalue weighted by molar-refractivity contribution is 9.10. The van der Waals surface area contributed by atoms with Gasteiger partial charge in [0.2, 0.25) is 0 Å². The maximum atomic E-state index is 11.3. The lowest BCUT2D eigenvalue weighted by Crippen LogP contribution is -2.05. The molecular formula is C9H8BrClO2. The molecule has 0 aliphatic carbocycles. The topological polar surface area (TPSA) is 26.3 Å². The van der Waals surface area contributed by atoms with Gasteiger partial charge < -0.3 is 4.74 Å². The second kappa shape index (κ2) is 4.63. The van der Waals surface area contributed by atoms with E-state index in [2.05, 4.69) is 15.9 Å². The van der Waals surface area contributed by atoms with Gasteiger partial charge in [-0.1, -0.05) is 11.6 Å². The Labute approximate surface area is 90.0 Å². The zero-order chi connectivity index (χ0) is 9.84. The van der Waals surface area contributed by atoms with E-state index in [1.54, 1.807) is 25.1 Å². The molecule has 0 bridgehead atoms. The Balaban J connectivity index is 2.95. The molecule has 4 heteroatoms. The first-order chi connectivity index (χ1) is 6.15. The smallest absolute Gasteiger partial charge is 0.339 e. The number of halogens is 2. The Kier molecular flexibility index (Phi) is 3.75. The minimum Gasteiger partial charge on any atom is -0.462 e. The molecule has 70 valence electrons. The van der Waals surface area contributed by atoms with Gasteiger partial charge in [0.15, 0.2) is 0 Å². The Hall–Kier alpha value is -0.540. The summed E-state index contributed by atoms with van der Waals surface area (Å²) in [5, 5.41) is 0.583. The number of hydrogen-bond donors (Lipinski definition) is 0. The predicted molar refractivity (Wildman–Crippen MR) is 55.1 cm³/mol. The molecule has 0 saturated heterocycles. The fourth-order valence-corrected chi connectivity index (χ4v) is 1.71. The van der Waals surface area contributed by atoms with Gasteiger partial charge in [0.05, 0.1) is 12.2 Å². The summed E-state index contributed by atoms with van der Waals surface area (Å²) in [5.41, 5.74) is 0.492. The van der Waals surface area contributed by atoms with Gasteiger partial charge in [0.25, 0.3) is 0 Å². The molecule has 0 heterocycles. The van der Waals surface area contributed by atoms with E-state index in [9.17, 15) is 4.79 Å². The van der Waals surface area contributed by atoms with Crippen molar-refractivity contribution in [3.05, 3.63) is 33.3 Å². The fourth-order valence-electron chi connectivity index (χ4n) is 0.864. The molecule has 0 spiro atoms. The summed E-state index contributed by atoms with van der Waals surface area (Å²) in [5.74, 6) is -0.342. The molecule has 0 radical (unpaired) electrons. The molecule has 0 amide bonds. The molecule has 0 fully saturated rings. The van der Waals surface area contributed by atoms with Crippen molar-refractivity contribution in [1.29, 1.82) is 0 Å². The largest absolute Gasteiger partial charge is 0.462 e. The minimum atomic E-state index is -0.342. The Morgan fingerprint density at radius 1 is 1.62 bits per heavy atom. The van der Waals surface area contributed by atoms with Crippen LogP contribution in [0.3, 0.4) is 0 Å². The molecule has 1 aromatic carbocycles. The van der Waals surface area contributed by atoms with E-state index in [-0.39, 0.29) is 5.97 Å². The number of esters is 1. The predicted octanol–water partition coefficient (Wildman–Crippen LogP) is 3.28. The van der Waals surface area contributed by atoms with Crippen molar-refractivity contribution >= 4 is 33.5 Å². The van der Waals surface area contributed by atoms with Gasteiger partial charge in [-0.15, -0.1) is 0 Å². The highest BCUT2D eigenvalue weighted by atomic mass is 79.9. The van der Waals surface area contributed by atoms with Crippen LogP contribution in [0.4, 0.5) is 0 Å². The van der Waals surface area contributed by atoms with E-state index in [0.717, 1.165) is 0 Å². The third-order valence-corrected chi connectivity index (χ3v) is 2.32. The van der Waals surface area contributed by atoms with Gasteiger partial charge in [0, 0.05) is 9.50 Å². The summed E-state index contributed by atoms with van der Waals surface area (Å²) in [6, 6.07) is 4.94. The van der Waals surface area contributed by atoms with Crippen LogP contribution in [0.25, 0.3) is 0 Å². The molecule has 0 N–H and O–H groups in total. The average molecular weight is 264 g/mol. The molecule has 0 unspecified atom stereocenters. The van der Waals surface area contributed by atoms with Gasteiger partial charge in [-0.25, -0.2) is 4.79 Å². The summed E-state index contributed by atoms with van der Waals surface area (Å²) >= 11 is 8.95. The van der Waals surface area contributed by atoms with Crippen molar-refractivity contribution in [2.24, 2.45) is 0 Å². The second-order valence-electron chi connectivity index (χ2n) is 2.34. The fraction of sp³-hybridized carbons (Fsp3) is 0.222. The van der Waals surface area contributed by atoms with Crippen LogP contribution in [0.15, 0.2) is 22.7 Å². The van der Waals surface area contributed by atoms with Crippen LogP contribution in [0.2, 0.25) is 5.02 Å². The van der Waals surface area contributed by atoms with E-state index in [4.69, 9.17) is 16.3 Å². The maximum Gasteiger partial charge on any atom is 0.339 e. The van der Waals surface area contributed by atoms with Gasteiger partial charge in [0.1, 0.15) is 0 Å². The normalized spacial score (nSPS) is 9.77. The summed E-state index contributed by atoms with van der Waals surface area (Å²) < 4.78 is 5.49. The molecule has 1 aromatic rings. The van der Waals surface area contributed by atoms with Crippen molar-refractivity contribution in [3.8, 4) is 0 Å². The number of carbonyl (C=O) groups is 1. The van der Waals surface area contributed by atoms with Crippen LogP contribution >= 0.6 is 27.5 Å². The van der Waals surface area contributed by atoms with Crippen LogP contribution < -0.4 is 0 Å². The van der Waals surface area contributed by atoms with E-state index in [1.807, 2.05) is 0 Å². The molecule has 0 atom stereocenters. The van der Waals surface area contributed by atoms with Crippen LogP contribution in [0.1, 0.15) is 17.3 Å². The molecule has 2 nitrogen and oxygen atoms in total. The summed E-state index contributed by atoms with van der Waals surface area (Å²) in [7, 11) is 0.